The first-order valence-electron chi connectivity index (χ1n) is 9.39. The molecule has 6 N–H and O–H groups in total. The zero-order valence-corrected chi connectivity index (χ0v) is 18.1. The molecule has 28 heavy (non-hydrogen) atoms. The molecule has 0 spiro atoms. The van der Waals surface area contributed by atoms with Crippen molar-refractivity contribution in [3.05, 3.63) is 0 Å². The number of carbonyl (C=O) groups excluding carboxylic acids is 3. The Bertz CT molecular complexity index is 544. The molecule has 0 radical (unpaired) electrons. The van der Waals surface area contributed by atoms with E-state index in [0.29, 0.717) is 18.6 Å². The van der Waals surface area contributed by atoms with E-state index in [-0.39, 0.29) is 18.4 Å². The predicted octanol–water partition coefficient (Wildman–Crippen LogP) is -0.0607. The molecule has 0 aliphatic heterocycles. The minimum absolute atomic E-state index is 0.0725. The van der Waals surface area contributed by atoms with E-state index in [0.717, 1.165) is 0 Å². The SMILES string of the molecule is CCC(C)C(NC(=O)C(CCSC)NC(=O)CNC(=O)C(N)C(C)C)C(=O)O. The highest BCUT2D eigenvalue weighted by Crippen LogP contribution is 2.09. The van der Waals surface area contributed by atoms with Crippen molar-refractivity contribution in [3.63, 3.8) is 0 Å². The average Bonchev–Trinajstić information content (AvgIpc) is 2.65. The summed E-state index contributed by atoms with van der Waals surface area (Å²) in [5.41, 5.74) is 5.72. The van der Waals surface area contributed by atoms with Gasteiger partial charge in [0.25, 0.3) is 0 Å². The van der Waals surface area contributed by atoms with E-state index in [4.69, 9.17) is 5.73 Å². The van der Waals surface area contributed by atoms with Crippen molar-refractivity contribution in [3.8, 4) is 0 Å². The van der Waals surface area contributed by atoms with E-state index < -0.39 is 41.8 Å². The topological polar surface area (TPSA) is 151 Å². The third-order valence-corrected chi connectivity index (χ3v) is 5.13. The fourth-order valence-corrected chi connectivity index (χ4v) is 2.75. The van der Waals surface area contributed by atoms with Gasteiger partial charge in [0.1, 0.15) is 12.1 Å². The van der Waals surface area contributed by atoms with Crippen molar-refractivity contribution in [1.82, 2.24) is 16.0 Å². The van der Waals surface area contributed by atoms with Crippen molar-refractivity contribution in [2.45, 2.75) is 58.7 Å². The lowest BCUT2D eigenvalue weighted by molar-refractivity contribution is -0.143. The summed E-state index contributed by atoms with van der Waals surface area (Å²) < 4.78 is 0. The Morgan fingerprint density at radius 1 is 1.07 bits per heavy atom. The van der Waals surface area contributed by atoms with Gasteiger partial charge in [-0.05, 0) is 30.3 Å². The summed E-state index contributed by atoms with van der Waals surface area (Å²) >= 11 is 1.50. The van der Waals surface area contributed by atoms with Gasteiger partial charge in [0, 0.05) is 0 Å². The van der Waals surface area contributed by atoms with Gasteiger partial charge in [0.2, 0.25) is 17.7 Å². The van der Waals surface area contributed by atoms with Crippen LogP contribution in [-0.2, 0) is 19.2 Å². The molecule has 0 rings (SSSR count). The molecule has 0 aromatic rings. The highest BCUT2D eigenvalue weighted by molar-refractivity contribution is 7.98. The zero-order valence-electron chi connectivity index (χ0n) is 17.3. The molecule has 10 heteroatoms. The van der Waals surface area contributed by atoms with Crippen LogP contribution in [0.5, 0.6) is 0 Å². The molecular weight excluding hydrogens is 384 g/mol. The lowest BCUT2D eigenvalue weighted by Gasteiger charge is -2.24. The second-order valence-electron chi connectivity index (χ2n) is 7.10. The van der Waals surface area contributed by atoms with Gasteiger partial charge in [-0.25, -0.2) is 4.79 Å². The monoisotopic (exact) mass is 418 g/mol. The van der Waals surface area contributed by atoms with Crippen molar-refractivity contribution < 1.29 is 24.3 Å². The summed E-state index contributed by atoms with van der Waals surface area (Å²) in [4.78, 5) is 48.0. The number of carboxylic acid groups (broad SMARTS) is 1. The molecule has 9 nitrogen and oxygen atoms in total. The molecule has 0 aliphatic carbocycles. The normalized spacial score (nSPS) is 15.2. The van der Waals surface area contributed by atoms with Crippen LogP contribution in [0.15, 0.2) is 0 Å². The Kier molecular flexibility index (Phi) is 12.5. The Balaban J connectivity index is 4.92. The maximum Gasteiger partial charge on any atom is 0.326 e. The smallest absolute Gasteiger partial charge is 0.326 e. The number of aliphatic carboxylic acids is 1. The van der Waals surface area contributed by atoms with Gasteiger partial charge < -0.3 is 26.8 Å². The summed E-state index contributed by atoms with van der Waals surface area (Å²) in [5.74, 6) is -2.39. The second kappa shape index (κ2) is 13.4. The molecule has 0 saturated heterocycles. The summed E-state index contributed by atoms with van der Waals surface area (Å²) in [5, 5.41) is 16.9. The molecule has 0 bridgehead atoms. The molecule has 0 fully saturated rings. The van der Waals surface area contributed by atoms with Gasteiger partial charge >= 0.3 is 5.97 Å². The number of hydrogen-bond donors (Lipinski definition) is 5. The van der Waals surface area contributed by atoms with Gasteiger partial charge in [0.05, 0.1) is 12.6 Å². The lowest BCUT2D eigenvalue weighted by atomic mass is 9.99. The minimum atomic E-state index is -1.12. The van der Waals surface area contributed by atoms with E-state index >= 15 is 0 Å². The van der Waals surface area contributed by atoms with Crippen LogP contribution in [0.1, 0.15) is 40.5 Å². The third kappa shape index (κ3) is 9.41. The van der Waals surface area contributed by atoms with Crippen LogP contribution in [0.4, 0.5) is 0 Å². The zero-order chi connectivity index (χ0) is 21.9. The van der Waals surface area contributed by atoms with E-state index in [9.17, 15) is 24.3 Å². The van der Waals surface area contributed by atoms with Crippen LogP contribution in [0, 0.1) is 11.8 Å². The fourth-order valence-electron chi connectivity index (χ4n) is 2.27. The van der Waals surface area contributed by atoms with E-state index in [1.165, 1.54) is 11.8 Å². The number of nitrogens with two attached hydrogens (primary N) is 1. The summed E-state index contributed by atoms with van der Waals surface area (Å²) in [6.45, 7) is 6.86. The first-order valence-corrected chi connectivity index (χ1v) is 10.8. The van der Waals surface area contributed by atoms with Crippen molar-refractivity contribution in [1.29, 1.82) is 0 Å². The van der Waals surface area contributed by atoms with Gasteiger partial charge in [-0.2, -0.15) is 11.8 Å². The molecule has 0 aromatic carbocycles. The average molecular weight is 419 g/mol. The first kappa shape index (κ1) is 26.2. The van der Waals surface area contributed by atoms with Crippen molar-refractivity contribution >= 4 is 35.5 Å². The van der Waals surface area contributed by atoms with Crippen molar-refractivity contribution in [2.75, 3.05) is 18.6 Å². The number of carbonyl (C=O) groups is 4. The lowest BCUT2D eigenvalue weighted by Crippen LogP contribution is -2.55. The first-order chi connectivity index (χ1) is 13.0. The van der Waals surface area contributed by atoms with E-state index in [1.54, 1.807) is 20.8 Å². The minimum Gasteiger partial charge on any atom is -0.480 e. The van der Waals surface area contributed by atoms with Crippen LogP contribution in [0.3, 0.4) is 0 Å². The van der Waals surface area contributed by atoms with Crippen molar-refractivity contribution in [2.24, 2.45) is 17.6 Å². The van der Waals surface area contributed by atoms with Gasteiger partial charge in [-0.15, -0.1) is 0 Å². The van der Waals surface area contributed by atoms with Crippen LogP contribution in [0.25, 0.3) is 0 Å². The number of hydrogen-bond acceptors (Lipinski definition) is 6. The molecule has 0 aromatic heterocycles. The molecule has 0 saturated carbocycles. The Morgan fingerprint density at radius 3 is 2.14 bits per heavy atom. The van der Waals surface area contributed by atoms with Crippen LogP contribution < -0.4 is 21.7 Å². The van der Waals surface area contributed by atoms with Gasteiger partial charge in [0.15, 0.2) is 0 Å². The number of carboxylic acids is 1. The molecule has 4 unspecified atom stereocenters. The highest BCUT2D eigenvalue weighted by Gasteiger charge is 2.29. The van der Waals surface area contributed by atoms with Crippen LogP contribution >= 0.6 is 11.8 Å². The molecule has 0 heterocycles. The number of rotatable bonds is 13. The van der Waals surface area contributed by atoms with Gasteiger partial charge in [-0.3, -0.25) is 14.4 Å². The quantitative estimate of drug-likeness (QED) is 0.281. The van der Waals surface area contributed by atoms with E-state index in [2.05, 4.69) is 16.0 Å². The Hall–Kier alpha value is -1.81. The van der Waals surface area contributed by atoms with Gasteiger partial charge in [-0.1, -0.05) is 34.1 Å². The third-order valence-electron chi connectivity index (χ3n) is 4.48. The molecular formula is C18H34N4O5S. The van der Waals surface area contributed by atoms with Crippen LogP contribution in [-0.4, -0.2) is 65.5 Å². The summed E-state index contributed by atoms with van der Waals surface area (Å²) in [6, 6.07) is -2.65. The Labute approximate surface area is 170 Å². The maximum atomic E-state index is 12.5. The predicted molar refractivity (Wildman–Crippen MR) is 110 cm³/mol. The highest BCUT2D eigenvalue weighted by atomic mass is 32.2. The molecule has 0 aliphatic rings. The number of thioether (sulfide) groups is 1. The second-order valence-corrected chi connectivity index (χ2v) is 8.08. The summed E-state index contributed by atoms with van der Waals surface area (Å²) in [6.07, 6.45) is 2.79. The molecule has 162 valence electrons. The van der Waals surface area contributed by atoms with Crippen LogP contribution in [0.2, 0.25) is 0 Å². The van der Waals surface area contributed by atoms with E-state index in [1.807, 2.05) is 13.2 Å². The number of nitrogens with one attached hydrogen (secondary N) is 3. The largest absolute Gasteiger partial charge is 0.480 e. The standard InChI is InChI=1S/C18H34N4O5S/c1-6-11(4)15(18(26)27)22-16(24)12(7-8-28-5)21-13(23)9-20-17(25)14(19)10(2)3/h10-12,14-15H,6-9,19H2,1-5H3,(H,20,25)(H,21,23)(H,22,24)(H,26,27). The maximum absolute atomic E-state index is 12.5. The number of amides is 3. The Morgan fingerprint density at radius 2 is 1.68 bits per heavy atom. The summed E-state index contributed by atoms with van der Waals surface area (Å²) in [7, 11) is 0. The fraction of sp³-hybridized carbons (Fsp3) is 0.778. The molecule has 3 amide bonds. The molecule has 4 atom stereocenters.